The fraction of sp³-hybridized carbons (Fsp3) is 1.00. The van der Waals surface area contributed by atoms with Gasteiger partial charge in [0.25, 0.3) is 0 Å². The number of fused-ring (bicyclic) bond motifs is 1. The second-order valence-electron chi connectivity index (χ2n) is 4.95. The SMILES string of the molecule is C1CC(C2CC3CCCC32)C1. The molecule has 3 atom stereocenters. The zero-order valence-electron chi connectivity index (χ0n) is 7.26. The van der Waals surface area contributed by atoms with Gasteiger partial charge in [-0.15, -0.1) is 0 Å². The standard InChI is InChI=1S/C11H18/c1-3-8(4-1)11-7-9-5-2-6-10(9)11/h8-11H,1-7H2. The molecule has 3 aliphatic carbocycles. The molecule has 0 aliphatic heterocycles. The van der Waals surface area contributed by atoms with Crippen molar-refractivity contribution < 1.29 is 0 Å². The Morgan fingerprint density at radius 3 is 2.00 bits per heavy atom. The van der Waals surface area contributed by atoms with Crippen LogP contribution in [0.5, 0.6) is 0 Å². The van der Waals surface area contributed by atoms with E-state index >= 15 is 0 Å². The molecule has 11 heavy (non-hydrogen) atoms. The molecule has 3 rings (SSSR count). The quantitative estimate of drug-likeness (QED) is 0.538. The highest BCUT2D eigenvalue weighted by Crippen LogP contribution is 2.57. The summed E-state index contributed by atoms with van der Waals surface area (Å²) in [6.07, 6.45) is 11.0. The van der Waals surface area contributed by atoms with Crippen LogP contribution in [0.15, 0.2) is 0 Å². The van der Waals surface area contributed by atoms with Crippen LogP contribution in [0.4, 0.5) is 0 Å². The molecule has 0 nitrogen and oxygen atoms in total. The van der Waals surface area contributed by atoms with E-state index in [1.807, 2.05) is 0 Å². The van der Waals surface area contributed by atoms with Gasteiger partial charge in [0.1, 0.15) is 0 Å². The zero-order valence-corrected chi connectivity index (χ0v) is 7.26. The second-order valence-corrected chi connectivity index (χ2v) is 4.95. The molecule has 3 aliphatic rings. The van der Waals surface area contributed by atoms with E-state index in [2.05, 4.69) is 0 Å². The molecule has 0 radical (unpaired) electrons. The topological polar surface area (TPSA) is 0 Å². The van der Waals surface area contributed by atoms with Crippen LogP contribution in [0.3, 0.4) is 0 Å². The summed E-state index contributed by atoms with van der Waals surface area (Å²) in [7, 11) is 0. The van der Waals surface area contributed by atoms with Crippen molar-refractivity contribution in [3.05, 3.63) is 0 Å². The average Bonchev–Trinajstić information content (AvgIpc) is 2.21. The molecule has 0 aromatic heterocycles. The predicted octanol–water partition coefficient (Wildman–Crippen LogP) is 3.22. The minimum Gasteiger partial charge on any atom is -0.0528 e. The third-order valence-electron chi connectivity index (χ3n) is 4.60. The summed E-state index contributed by atoms with van der Waals surface area (Å²) in [5, 5.41) is 0. The third kappa shape index (κ3) is 0.816. The Bertz CT molecular complexity index is 157. The molecule has 0 saturated heterocycles. The minimum atomic E-state index is 1.19. The summed E-state index contributed by atoms with van der Waals surface area (Å²) >= 11 is 0. The monoisotopic (exact) mass is 150 g/mol. The lowest BCUT2D eigenvalue weighted by Gasteiger charge is -2.48. The Hall–Kier alpha value is 0. The first-order chi connectivity index (χ1) is 5.45. The van der Waals surface area contributed by atoms with E-state index in [0.717, 1.165) is 0 Å². The van der Waals surface area contributed by atoms with E-state index in [1.54, 1.807) is 44.9 Å². The summed E-state index contributed by atoms with van der Waals surface area (Å²) in [6.45, 7) is 0. The molecule has 3 saturated carbocycles. The maximum absolute atomic E-state index is 1.62. The van der Waals surface area contributed by atoms with Crippen LogP contribution in [-0.2, 0) is 0 Å². The van der Waals surface area contributed by atoms with Crippen molar-refractivity contribution >= 4 is 0 Å². The van der Waals surface area contributed by atoms with Gasteiger partial charge in [-0.25, -0.2) is 0 Å². The fourth-order valence-corrected chi connectivity index (χ4v) is 3.66. The number of hydrogen-bond donors (Lipinski definition) is 0. The van der Waals surface area contributed by atoms with Gasteiger partial charge >= 0.3 is 0 Å². The smallest absolute Gasteiger partial charge is 0.0352 e. The molecule has 62 valence electrons. The van der Waals surface area contributed by atoms with E-state index in [9.17, 15) is 0 Å². The first kappa shape index (κ1) is 6.51. The molecule has 3 fully saturated rings. The average molecular weight is 150 g/mol. The van der Waals surface area contributed by atoms with Gasteiger partial charge in [0, 0.05) is 0 Å². The van der Waals surface area contributed by atoms with E-state index in [-0.39, 0.29) is 0 Å². The summed E-state index contributed by atoms with van der Waals surface area (Å²) in [5.41, 5.74) is 0. The largest absolute Gasteiger partial charge is 0.0528 e. The van der Waals surface area contributed by atoms with E-state index in [1.165, 1.54) is 23.7 Å². The minimum absolute atomic E-state index is 1.19. The first-order valence-corrected chi connectivity index (χ1v) is 5.45. The van der Waals surface area contributed by atoms with Crippen LogP contribution in [0, 0.1) is 23.7 Å². The van der Waals surface area contributed by atoms with Crippen molar-refractivity contribution in [3.63, 3.8) is 0 Å². The Morgan fingerprint density at radius 1 is 0.636 bits per heavy atom. The molecule has 0 bridgehead atoms. The van der Waals surface area contributed by atoms with Crippen molar-refractivity contribution in [1.29, 1.82) is 0 Å². The van der Waals surface area contributed by atoms with Gasteiger partial charge in [0.05, 0.1) is 0 Å². The van der Waals surface area contributed by atoms with Crippen LogP contribution < -0.4 is 0 Å². The van der Waals surface area contributed by atoms with Gasteiger partial charge in [0.15, 0.2) is 0 Å². The maximum Gasteiger partial charge on any atom is -0.0352 e. The van der Waals surface area contributed by atoms with Crippen molar-refractivity contribution in [2.24, 2.45) is 23.7 Å². The van der Waals surface area contributed by atoms with Crippen LogP contribution in [-0.4, -0.2) is 0 Å². The normalized spacial score (nSPS) is 49.6. The van der Waals surface area contributed by atoms with Crippen molar-refractivity contribution in [1.82, 2.24) is 0 Å². The van der Waals surface area contributed by atoms with Gasteiger partial charge < -0.3 is 0 Å². The van der Waals surface area contributed by atoms with Gasteiger partial charge in [-0.05, 0) is 36.5 Å². The molecular weight excluding hydrogens is 132 g/mol. The lowest BCUT2D eigenvalue weighted by Crippen LogP contribution is -2.40. The molecule has 0 aromatic carbocycles. The van der Waals surface area contributed by atoms with Gasteiger partial charge in [-0.3, -0.25) is 0 Å². The van der Waals surface area contributed by atoms with Crippen LogP contribution in [0.1, 0.15) is 44.9 Å². The Morgan fingerprint density at radius 2 is 1.36 bits per heavy atom. The molecule has 0 heterocycles. The summed E-state index contributed by atoms with van der Waals surface area (Å²) in [6, 6.07) is 0. The Kier molecular flexibility index (Phi) is 1.33. The van der Waals surface area contributed by atoms with Crippen molar-refractivity contribution in [2.45, 2.75) is 44.9 Å². The molecular formula is C11H18. The Labute approximate surface area is 69.4 Å². The van der Waals surface area contributed by atoms with E-state index in [4.69, 9.17) is 0 Å². The highest BCUT2D eigenvalue weighted by atomic mass is 14.5. The van der Waals surface area contributed by atoms with Crippen LogP contribution >= 0.6 is 0 Å². The van der Waals surface area contributed by atoms with E-state index < -0.39 is 0 Å². The van der Waals surface area contributed by atoms with Crippen LogP contribution in [0.25, 0.3) is 0 Å². The van der Waals surface area contributed by atoms with Crippen molar-refractivity contribution in [3.8, 4) is 0 Å². The fourth-order valence-electron chi connectivity index (χ4n) is 3.66. The van der Waals surface area contributed by atoms with E-state index in [0.29, 0.717) is 0 Å². The predicted molar refractivity (Wildman–Crippen MR) is 46.3 cm³/mol. The number of rotatable bonds is 1. The molecule has 0 aromatic rings. The first-order valence-electron chi connectivity index (χ1n) is 5.45. The number of hydrogen-bond acceptors (Lipinski definition) is 0. The van der Waals surface area contributed by atoms with Gasteiger partial charge in [0.2, 0.25) is 0 Å². The Balaban J connectivity index is 1.64. The second kappa shape index (κ2) is 2.24. The summed E-state index contributed by atoms with van der Waals surface area (Å²) in [4.78, 5) is 0. The lowest BCUT2D eigenvalue weighted by atomic mass is 9.57. The van der Waals surface area contributed by atoms with Crippen LogP contribution in [0.2, 0.25) is 0 Å². The van der Waals surface area contributed by atoms with Gasteiger partial charge in [-0.2, -0.15) is 0 Å². The molecule has 0 N–H and O–H groups in total. The third-order valence-corrected chi connectivity index (χ3v) is 4.60. The van der Waals surface area contributed by atoms with Gasteiger partial charge in [-0.1, -0.05) is 32.1 Å². The molecule has 0 amide bonds. The molecule has 3 unspecified atom stereocenters. The highest BCUT2D eigenvalue weighted by Gasteiger charge is 2.47. The lowest BCUT2D eigenvalue weighted by molar-refractivity contribution is 0.0132. The zero-order chi connectivity index (χ0) is 7.26. The molecule has 0 spiro atoms. The summed E-state index contributed by atoms with van der Waals surface area (Å²) < 4.78 is 0. The molecule has 0 heteroatoms. The summed E-state index contributed by atoms with van der Waals surface area (Å²) in [5.74, 6) is 4.80. The highest BCUT2D eigenvalue weighted by molar-refractivity contribution is 4.97. The maximum atomic E-state index is 1.62. The van der Waals surface area contributed by atoms with Crippen molar-refractivity contribution in [2.75, 3.05) is 0 Å².